The number of quaternary nitrogens is 1. The van der Waals surface area contributed by atoms with Crippen LogP contribution in [0.2, 0.25) is 0 Å². The zero-order valence-electron chi connectivity index (χ0n) is 36.9. The molecule has 0 aromatic carbocycles. The highest BCUT2D eigenvalue weighted by Crippen LogP contribution is 2.17. The molecule has 0 rings (SSSR count). The molecule has 0 heterocycles. The number of nitrogens with zero attached hydrogens (tertiary/aromatic N) is 3. The predicted molar refractivity (Wildman–Crippen MR) is 252 cm³/mol. The van der Waals surface area contributed by atoms with Crippen LogP contribution in [0.1, 0.15) is 232 Å². The van der Waals surface area contributed by atoms with E-state index in [9.17, 15) is 5.11 Å². The number of unbranched alkanes of at least 4 members (excludes halogenated alkanes) is 30. The van der Waals surface area contributed by atoms with Gasteiger partial charge in [-0.25, -0.2) is 0 Å². The van der Waals surface area contributed by atoms with Gasteiger partial charge < -0.3 is 26.8 Å². The summed E-state index contributed by atoms with van der Waals surface area (Å²) in [5.41, 5.74) is 16.9. The second-order valence-corrected chi connectivity index (χ2v) is 16.7. The Balaban J connectivity index is -0.00000433. The maximum atomic E-state index is 12.6. The Bertz CT molecular complexity index is 765. The minimum absolute atomic E-state index is 0. The SMILES string of the molecule is CCCCCCCCCCCCCCCCCC[N+](C)(CCCCCCCCCCCCCCCCCC)CCN=C([O-])[C@@H](N)CCCN=C(N)N.Cl.Cl.Cl. The molecule has 0 spiro atoms. The molecule has 10 heteroatoms. The van der Waals surface area contributed by atoms with Gasteiger partial charge in [0.05, 0.1) is 33.2 Å². The lowest BCUT2D eigenvalue weighted by molar-refractivity contribution is -0.908. The van der Waals surface area contributed by atoms with E-state index in [1.165, 1.54) is 219 Å². The van der Waals surface area contributed by atoms with E-state index in [1.54, 1.807) is 0 Å². The molecule has 0 unspecified atom stereocenters. The maximum Gasteiger partial charge on any atom is 0.185 e. The van der Waals surface area contributed by atoms with Crippen LogP contribution in [0.25, 0.3) is 0 Å². The van der Waals surface area contributed by atoms with Crippen LogP contribution in [0.5, 0.6) is 0 Å². The number of nitrogens with two attached hydrogens (primary N) is 3. The number of hydrogen-bond acceptors (Lipinski definition) is 4. The first-order valence-electron chi connectivity index (χ1n) is 23.2. The third-order valence-corrected chi connectivity index (χ3v) is 11.3. The molecule has 0 saturated carbocycles. The number of halogens is 3. The molecular formula is C45H97Cl3N6O. The second kappa shape index (κ2) is 47.9. The largest absolute Gasteiger partial charge is 0.861 e. The van der Waals surface area contributed by atoms with E-state index in [0.29, 0.717) is 25.9 Å². The fourth-order valence-corrected chi connectivity index (χ4v) is 7.58. The van der Waals surface area contributed by atoms with Crippen molar-refractivity contribution in [3.8, 4) is 0 Å². The van der Waals surface area contributed by atoms with Crippen LogP contribution in [-0.4, -0.2) is 62.2 Å². The summed E-state index contributed by atoms with van der Waals surface area (Å²) in [6.45, 7) is 8.95. The summed E-state index contributed by atoms with van der Waals surface area (Å²) >= 11 is 0. The summed E-state index contributed by atoms with van der Waals surface area (Å²) < 4.78 is 1.02. The Kier molecular flexibility index (Phi) is 53.3. The standard InChI is InChI=1S/C45H94N6O.3ClH/c1-4-6-8-10-12-14-16-18-20-22-24-26-28-30-32-34-40-51(3,42-39-49-44(52)43(46)37-36-38-50-45(47)48)41-35-33-31-29-27-25-23-21-19-17-15-13-11-9-7-5-2;;;/h43H,4-42,46H2,1-3H3,(H4-,47,48,49,50,52);3*1H/t43-;;;/m0.../s1. The summed E-state index contributed by atoms with van der Waals surface area (Å²) in [7, 11) is 2.39. The van der Waals surface area contributed by atoms with Crippen LogP contribution in [0.4, 0.5) is 0 Å². The molecular weight excluding hydrogens is 747 g/mol. The third-order valence-electron chi connectivity index (χ3n) is 11.3. The topological polar surface area (TPSA) is 126 Å². The van der Waals surface area contributed by atoms with Gasteiger partial charge in [0.25, 0.3) is 0 Å². The van der Waals surface area contributed by atoms with Crippen molar-refractivity contribution in [3.05, 3.63) is 0 Å². The smallest absolute Gasteiger partial charge is 0.185 e. The lowest BCUT2D eigenvalue weighted by Gasteiger charge is -2.35. The van der Waals surface area contributed by atoms with Crippen LogP contribution in [0.3, 0.4) is 0 Å². The first kappa shape index (κ1) is 61.2. The average molecular weight is 845 g/mol. The Morgan fingerprint density at radius 2 is 0.727 bits per heavy atom. The number of aliphatic imine (C=N–C) groups is 2. The van der Waals surface area contributed by atoms with Crippen molar-refractivity contribution in [1.29, 1.82) is 0 Å². The molecule has 0 fully saturated rings. The van der Waals surface area contributed by atoms with E-state index in [0.717, 1.165) is 11.0 Å². The molecule has 0 aromatic rings. The third kappa shape index (κ3) is 46.1. The Morgan fingerprint density at radius 1 is 0.436 bits per heavy atom. The molecule has 1 atom stereocenters. The summed E-state index contributed by atoms with van der Waals surface area (Å²) in [6, 6.07) is -0.561. The fraction of sp³-hybridized carbons (Fsp3) is 0.956. The van der Waals surface area contributed by atoms with Gasteiger partial charge in [-0.1, -0.05) is 194 Å². The molecule has 0 aliphatic rings. The van der Waals surface area contributed by atoms with Crippen LogP contribution in [-0.2, 0) is 0 Å². The molecule has 0 radical (unpaired) electrons. The van der Waals surface area contributed by atoms with Crippen molar-refractivity contribution in [1.82, 2.24) is 0 Å². The van der Waals surface area contributed by atoms with E-state index < -0.39 is 6.04 Å². The molecule has 0 aliphatic carbocycles. The highest BCUT2D eigenvalue weighted by atomic mass is 35.5. The van der Waals surface area contributed by atoms with Gasteiger partial charge in [-0.05, 0) is 44.4 Å². The molecule has 6 N–H and O–H groups in total. The zero-order chi connectivity index (χ0) is 38.2. The number of hydrogen-bond donors (Lipinski definition) is 3. The van der Waals surface area contributed by atoms with Gasteiger partial charge in [0, 0.05) is 12.6 Å². The molecule has 0 bridgehead atoms. The van der Waals surface area contributed by atoms with E-state index in [2.05, 4.69) is 30.9 Å². The van der Waals surface area contributed by atoms with Gasteiger partial charge >= 0.3 is 0 Å². The predicted octanol–water partition coefficient (Wildman–Crippen LogP) is 12.4. The summed E-state index contributed by atoms with van der Waals surface area (Å²) in [5.74, 6) is -0.101. The Hall–Kier alpha value is -0.470. The highest BCUT2D eigenvalue weighted by molar-refractivity contribution is 5.86. The molecule has 334 valence electrons. The molecule has 0 saturated heterocycles. The van der Waals surface area contributed by atoms with Gasteiger partial charge in [0.15, 0.2) is 5.96 Å². The van der Waals surface area contributed by atoms with Crippen LogP contribution in [0.15, 0.2) is 9.98 Å². The minimum Gasteiger partial charge on any atom is -0.861 e. The average Bonchev–Trinajstić information content (AvgIpc) is 3.12. The fourth-order valence-electron chi connectivity index (χ4n) is 7.58. The van der Waals surface area contributed by atoms with Crippen LogP contribution >= 0.6 is 37.2 Å². The first-order valence-corrected chi connectivity index (χ1v) is 23.2. The minimum atomic E-state index is -0.561. The summed E-state index contributed by atoms with van der Waals surface area (Å²) in [6.07, 6.45) is 46.0. The molecule has 7 nitrogen and oxygen atoms in total. The van der Waals surface area contributed by atoms with Crippen molar-refractivity contribution in [2.24, 2.45) is 27.2 Å². The summed E-state index contributed by atoms with van der Waals surface area (Å²) in [5, 5.41) is 12.6. The lowest BCUT2D eigenvalue weighted by Crippen LogP contribution is -2.48. The summed E-state index contributed by atoms with van der Waals surface area (Å²) in [4.78, 5) is 8.39. The van der Waals surface area contributed by atoms with Crippen LogP contribution < -0.4 is 22.3 Å². The van der Waals surface area contributed by atoms with Gasteiger partial charge in [-0.3, -0.25) is 9.98 Å². The Labute approximate surface area is 362 Å². The molecule has 0 aliphatic heterocycles. The Morgan fingerprint density at radius 3 is 1.02 bits per heavy atom. The number of guanidine groups is 1. The lowest BCUT2D eigenvalue weighted by atomic mass is 10.0. The number of rotatable bonds is 42. The van der Waals surface area contributed by atoms with E-state index in [-0.39, 0.29) is 49.1 Å². The molecule has 55 heavy (non-hydrogen) atoms. The first-order chi connectivity index (χ1) is 25.3. The maximum absolute atomic E-state index is 12.6. The van der Waals surface area contributed by atoms with Gasteiger partial charge in [0.1, 0.15) is 0 Å². The quantitative estimate of drug-likeness (QED) is 0.0245. The molecule has 0 aromatic heterocycles. The number of likely N-dealkylation sites (N-methyl/N-ethyl adjacent to an activating group) is 1. The monoisotopic (exact) mass is 843 g/mol. The van der Waals surface area contributed by atoms with Crippen molar-refractivity contribution < 1.29 is 9.59 Å². The van der Waals surface area contributed by atoms with Crippen LogP contribution in [0, 0.1) is 0 Å². The van der Waals surface area contributed by atoms with E-state index >= 15 is 0 Å². The van der Waals surface area contributed by atoms with Crippen molar-refractivity contribution >= 4 is 49.1 Å². The van der Waals surface area contributed by atoms with Crippen molar-refractivity contribution in [2.75, 3.05) is 39.8 Å². The van der Waals surface area contributed by atoms with Gasteiger partial charge in [-0.15, -0.1) is 37.2 Å². The highest BCUT2D eigenvalue weighted by Gasteiger charge is 2.20. The van der Waals surface area contributed by atoms with Crippen molar-refractivity contribution in [3.63, 3.8) is 0 Å². The van der Waals surface area contributed by atoms with Gasteiger partial charge in [-0.2, -0.15) is 0 Å². The second-order valence-electron chi connectivity index (χ2n) is 16.7. The van der Waals surface area contributed by atoms with Gasteiger partial charge in [0.2, 0.25) is 0 Å². The van der Waals surface area contributed by atoms with E-state index in [1.807, 2.05) is 0 Å². The zero-order valence-corrected chi connectivity index (χ0v) is 39.3. The molecule has 0 amide bonds. The van der Waals surface area contributed by atoms with Crippen molar-refractivity contribution in [2.45, 2.75) is 238 Å². The normalized spacial score (nSPS) is 12.1. The van der Waals surface area contributed by atoms with E-state index in [4.69, 9.17) is 17.2 Å².